The molecular weight excluding hydrogens is 168 g/mol. The lowest BCUT2D eigenvalue weighted by Crippen LogP contribution is -2.34. The monoisotopic (exact) mass is 182 g/mol. The van der Waals surface area contributed by atoms with Gasteiger partial charge in [0.2, 0.25) is 0 Å². The van der Waals surface area contributed by atoms with Gasteiger partial charge in [0.15, 0.2) is 0 Å². The average molecular weight is 183 g/mol. The minimum Gasteiger partial charge on any atom is -0.480 e. The molecular formula is C6H15ClN2O2. The Morgan fingerprint density at radius 1 is 1.73 bits per heavy atom. The molecule has 0 aromatic rings. The first kappa shape index (κ1) is 13.3. The zero-order valence-electron chi connectivity index (χ0n) is 6.54. The summed E-state index contributed by atoms with van der Waals surface area (Å²) in [6.07, 6.45) is 1.35. The van der Waals surface area contributed by atoms with E-state index in [0.717, 1.165) is 6.42 Å². The maximum absolute atomic E-state index is 10.3. The Morgan fingerprint density at radius 2 is 2.27 bits per heavy atom. The SMILES string of the molecule is CN[C@@H](CCCN)C(=O)O.Cl. The molecule has 0 rings (SSSR count). The van der Waals surface area contributed by atoms with Crippen LogP contribution in [0.1, 0.15) is 12.8 Å². The Bertz CT molecular complexity index is 111. The molecule has 0 aliphatic rings. The normalized spacial score (nSPS) is 11.8. The number of halogens is 1. The smallest absolute Gasteiger partial charge is 0.320 e. The van der Waals surface area contributed by atoms with Gasteiger partial charge in [0.05, 0.1) is 0 Å². The number of aliphatic carboxylic acids is 1. The molecule has 0 saturated heterocycles. The van der Waals surface area contributed by atoms with Crippen LogP contribution in [0.25, 0.3) is 0 Å². The van der Waals surface area contributed by atoms with Gasteiger partial charge in [-0.05, 0) is 26.4 Å². The highest BCUT2D eigenvalue weighted by atomic mass is 35.5. The fourth-order valence-corrected chi connectivity index (χ4v) is 0.713. The van der Waals surface area contributed by atoms with E-state index < -0.39 is 12.0 Å². The molecule has 0 bridgehead atoms. The molecule has 11 heavy (non-hydrogen) atoms. The summed E-state index contributed by atoms with van der Waals surface area (Å²) in [6.45, 7) is 0.547. The standard InChI is InChI=1S/C6H14N2O2.ClH/c1-8-5(6(9)10)3-2-4-7;/h5,8H,2-4,7H2,1H3,(H,9,10);1H/t5-;/m0./s1. The molecule has 0 aliphatic carbocycles. The zero-order chi connectivity index (χ0) is 7.98. The van der Waals surface area contributed by atoms with Crippen LogP contribution in [0.3, 0.4) is 0 Å². The quantitative estimate of drug-likeness (QED) is 0.552. The number of carbonyl (C=O) groups is 1. The number of carboxylic acid groups (broad SMARTS) is 1. The number of nitrogens with two attached hydrogens (primary N) is 1. The fourth-order valence-electron chi connectivity index (χ4n) is 0.713. The lowest BCUT2D eigenvalue weighted by molar-refractivity contribution is -0.139. The number of likely N-dealkylation sites (N-methyl/N-ethyl adjacent to an activating group) is 1. The van der Waals surface area contributed by atoms with Gasteiger partial charge < -0.3 is 16.2 Å². The van der Waals surface area contributed by atoms with E-state index >= 15 is 0 Å². The summed E-state index contributed by atoms with van der Waals surface area (Å²) in [5.74, 6) is -0.809. The predicted molar refractivity (Wildman–Crippen MR) is 46.0 cm³/mol. The molecule has 1 atom stereocenters. The van der Waals surface area contributed by atoms with Crippen LogP contribution in [0, 0.1) is 0 Å². The Kier molecular flexibility index (Phi) is 9.40. The van der Waals surface area contributed by atoms with Gasteiger partial charge >= 0.3 is 5.97 Å². The van der Waals surface area contributed by atoms with Gasteiger partial charge in [-0.25, -0.2) is 0 Å². The van der Waals surface area contributed by atoms with Crippen LogP contribution in [-0.4, -0.2) is 30.7 Å². The first-order chi connectivity index (χ1) is 4.72. The Hall–Kier alpha value is -0.320. The molecule has 0 amide bonds. The molecule has 0 saturated carbocycles. The maximum Gasteiger partial charge on any atom is 0.320 e. The third-order valence-corrected chi connectivity index (χ3v) is 1.34. The lowest BCUT2D eigenvalue weighted by atomic mass is 10.1. The van der Waals surface area contributed by atoms with Gasteiger partial charge in [0.1, 0.15) is 6.04 Å². The molecule has 0 spiro atoms. The summed E-state index contributed by atoms with van der Waals surface area (Å²) in [5, 5.41) is 11.2. The Balaban J connectivity index is 0. The summed E-state index contributed by atoms with van der Waals surface area (Å²) < 4.78 is 0. The van der Waals surface area contributed by atoms with Gasteiger partial charge in [0, 0.05) is 0 Å². The van der Waals surface area contributed by atoms with E-state index in [9.17, 15) is 4.79 Å². The van der Waals surface area contributed by atoms with Crippen molar-refractivity contribution < 1.29 is 9.90 Å². The highest BCUT2D eigenvalue weighted by molar-refractivity contribution is 5.85. The average Bonchev–Trinajstić information content (AvgIpc) is 1.89. The van der Waals surface area contributed by atoms with E-state index in [4.69, 9.17) is 10.8 Å². The minimum absolute atomic E-state index is 0. The number of nitrogens with one attached hydrogen (secondary N) is 1. The number of carboxylic acids is 1. The van der Waals surface area contributed by atoms with Crippen molar-refractivity contribution >= 4 is 18.4 Å². The van der Waals surface area contributed by atoms with Crippen LogP contribution in [0.4, 0.5) is 0 Å². The van der Waals surface area contributed by atoms with Crippen LogP contribution in [0.15, 0.2) is 0 Å². The zero-order valence-corrected chi connectivity index (χ0v) is 7.36. The van der Waals surface area contributed by atoms with Crippen molar-refractivity contribution in [2.45, 2.75) is 18.9 Å². The molecule has 0 aromatic heterocycles. The van der Waals surface area contributed by atoms with Gasteiger partial charge in [0.25, 0.3) is 0 Å². The molecule has 4 nitrogen and oxygen atoms in total. The van der Waals surface area contributed by atoms with E-state index in [0.29, 0.717) is 13.0 Å². The summed E-state index contributed by atoms with van der Waals surface area (Å²) in [6, 6.07) is -0.441. The summed E-state index contributed by atoms with van der Waals surface area (Å²) in [4.78, 5) is 10.3. The van der Waals surface area contributed by atoms with Crippen LogP contribution in [0.2, 0.25) is 0 Å². The van der Waals surface area contributed by atoms with Gasteiger partial charge in [-0.15, -0.1) is 12.4 Å². The second-order valence-electron chi connectivity index (χ2n) is 2.11. The van der Waals surface area contributed by atoms with Crippen molar-refractivity contribution in [2.24, 2.45) is 5.73 Å². The van der Waals surface area contributed by atoms with Crippen molar-refractivity contribution in [3.63, 3.8) is 0 Å². The third-order valence-electron chi connectivity index (χ3n) is 1.34. The van der Waals surface area contributed by atoms with Crippen LogP contribution < -0.4 is 11.1 Å². The second kappa shape index (κ2) is 7.78. The highest BCUT2D eigenvalue weighted by Crippen LogP contribution is 1.94. The number of hydrogen-bond donors (Lipinski definition) is 3. The van der Waals surface area contributed by atoms with Gasteiger partial charge in [-0.1, -0.05) is 0 Å². The highest BCUT2D eigenvalue weighted by Gasteiger charge is 2.12. The minimum atomic E-state index is -0.809. The van der Waals surface area contributed by atoms with Crippen molar-refractivity contribution in [1.82, 2.24) is 5.32 Å². The Labute approximate surface area is 72.6 Å². The van der Waals surface area contributed by atoms with Crippen LogP contribution in [-0.2, 0) is 4.79 Å². The van der Waals surface area contributed by atoms with E-state index in [2.05, 4.69) is 5.32 Å². The van der Waals surface area contributed by atoms with Crippen molar-refractivity contribution in [1.29, 1.82) is 0 Å². The second-order valence-corrected chi connectivity index (χ2v) is 2.11. The van der Waals surface area contributed by atoms with E-state index in [1.165, 1.54) is 0 Å². The summed E-state index contributed by atoms with van der Waals surface area (Å²) in [7, 11) is 1.63. The number of rotatable bonds is 5. The molecule has 0 unspecified atom stereocenters. The third kappa shape index (κ3) is 6.09. The predicted octanol–water partition coefficient (Wildman–Crippen LogP) is -0.180. The fraction of sp³-hybridized carbons (Fsp3) is 0.833. The molecule has 0 radical (unpaired) electrons. The number of hydrogen-bond acceptors (Lipinski definition) is 3. The summed E-state index contributed by atoms with van der Waals surface area (Å²) in [5.41, 5.74) is 5.21. The van der Waals surface area contributed by atoms with E-state index in [1.807, 2.05) is 0 Å². The molecule has 4 N–H and O–H groups in total. The van der Waals surface area contributed by atoms with Crippen LogP contribution >= 0.6 is 12.4 Å². The molecule has 68 valence electrons. The van der Waals surface area contributed by atoms with Gasteiger partial charge in [-0.3, -0.25) is 4.79 Å². The van der Waals surface area contributed by atoms with Crippen molar-refractivity contribution in [3.8, 4) is 0 Å². The topological polar surface area (TPSA) is 75.3 Å². The summed E-state index contributed by atoms with van der Waals surface area (Å²) >= 11 is 0. The first-order valence-corrected chi connectivity index (χ1v) is 3.32. The molecule has 5 heteroatoms. The van der Waals surface area contributed by atoms with Crippen LogP contribution in [0.5, 0.6) is 0 Å². The first-order valence-electron chi connectivity index (χ1n) is 3.32. The van der Waals surface area contributed by atoms with Crippen molar-refractivity contribution in [3.05, 3.63) is 0 Å². The molecule has 0 fully saturated rings. The lowest BCUT2D eigenvalue weighted by Gasteiger charge is -2.08. The van der Waals surface area contributed by atoms with Crippen molar-refractivity contribution in [2.75, 3.05) is 13.6 Å². The van der Waals surface area contributed by atoms with Gasteiger partial charge in [-0.2, -0.15) is 0 Å². The van der Waals surface area contributed by atoms with E-state index in [-0.39, 0.29) is 12.4 Å². The van der Waals surface area contributed by atoms with E-state index in [1.54, 1.807) is 7.05 Å². The Morgan fingerprint density at radius 3 is 2.55 bits per heavy atom. The molecule has 0 heterocycles. The molecule has 0 aliphatic heterocycles. The largest absolute Gasteiger partial charge is 0.480 e. The maximum atomic E-state index is 10.3. The molecule has 0 aromatic carbocycles.